The monoisotopic (exact) mass is 428 g/mol. The third-order valence-corrected chi connectivity index (χ3v) is 6.08. The fourth-order valence-corrected chi connectivity index (χ4v) is 4.55. The Bertz CT molecular complexity index is 992. The maximum atomic E-state index is 12.9. The van der Waals surface area contributed by atoms with Gasteiger partial charge in [-0.05, 0) is 55.5 Å². The van der Waals surface area contributed by atoms with Crippen LogP contribution < -0.4 is 5.32 Å². The van der Waals surface area contributed by atoms with E-state index in [1.165, 1.54) is 23.5 Å². The number of anilines is 1. The van der Waals surface area contributed by atoms with Gasteiger partial charge in [0.15, 0.2) is 12.4 Å². The molecule has 6 nitrogen and oxygen atoms in total. The minimum atomic E-state index is -0.678. The number of nitrogens with zero attached hydrogens (tertiary/aromatic N) is 1. The molecule has 0 atom stereocenters. The van der Waals surface area contributed by atoms with Gasteiger partial charge in [0.2, 0.25) is 5.91 Å². The van der Waals surface area contributed by atoms with Crippen LogP contribution in [-0.2, 0) is 27.2 Å². The highest BCUT2D eigenvalue weighted by Crippen LogP contribution is 2.37. The van der Waals surface area contributed by atoms with Gasteiger partial charge in [0.1, 0.15) is 16.9 Å². The van der Waals surface area contributed by atoms with E-state index in [9.17, 15) is 24.0 Å². The molecule has 3 rings (SSSR count). The van der Waals surface area contributed by atoms with Crippen molar-refractivity contribution in [1.29, 1.82) is 5.26 Å². The molecule has 0 unspecified atom stereocenters. The topological polar surface area (TPSA) is 96.3 Å². The molecule has 156 valence electrons. The molecule has 0 aliphatic heterocycles. The number of aryl methyl sites for hydroxylation is 1. The Morgan fingerprint density at radius 2 is 1.83 bits per heavy atom. The number of Topliss-reactive ketones (excluding diaryl/α,β-unsaturated/α-hetero) is 1. The van der Waals surface area contributed by atoms with Crippen molar-refractivity contribution in [3.05, 3.63) is 51.7 Å². The number of hydrogen-bond acceptors (Lipinski definition) is 6. The van der Waals surface area contributed by atoms with Crippen molar-refractivity contribution >= 4 is 34.0 Å². The summed E-state index contributed by atoms with van der Waals surface area (Å²) < 4.78 is 17.8. The Labute approximate surface area is 177 Å². The first kappa shape index (κ1) is 21.7. The molecule has 2 aromatic rings. The van der Waals surface area contributed by atoms with Crippen molar-refractivity contribution in [1.82, 2.24) is 0 Å². The van der Waals surface area contributed by atoms with Crippen LogP contribution >= 0.6 is 11.3 Å². The van der Waals surface area contributed by atoms with Crippen LogP contribution in [0.4, 0.5) is 9.39 Å². The lowest BCUT2D eigenvalue weighted by Gasteiger charge is -2.06. The van der Waals surface area contributed by atoms with Gasteiger partial charge in [-0.25, -0.2) is 4.39 Å². The number of hydrogen-bond donors (Lipinski definition) is 1. The largest absolute Gasteiger partial charge is 0.457 e. The average molecular weight is 428 g/mol. The molecule has 0 saturated heterocycles. The van der Waals surface area contributed by atoms with Gasteiger partial charge >= 0.3 is 5.97 Å². The SMILES string of the molecule is N#Cc1c(NC(=O)CCC(=O)OCC(=O)c2ccc(F)cc2)sc2c1CCCCC2. The lowest BCUT2D eigenvalue weighted by Crippen LogP contribution is -2.17. The van der Waals surface area contributed by atoms with Crippen LogP contribution in [0.2, 0.25) is 0 Å². The highest BCUT2D eigenvalue weighted by molar-refractivity contribution is 7.16. The number of halogens is 1. The van der Waals surface area contributed by atoms with Crippen molar-refractivity contribution in [2.24, 2.45) is 0 Å². The quantitative estimate of drug-likeness (QED) is 0.406. The van der Waals surface area contributed by atoms with E-state index < -0.39 is 24.2 Å². The predicted octanol–water partition coefficient (Wildman–Crippen LogP) is 4.17. The molecule has 0 bridgehead atoms. The highest BCUT2D eigenvalue weighted by atomic mass is 32.1. The summed E-state index contributed by atoms with van der Waals surface area (Å²) in [5.41, 5.74) is 1.80. The molecule has 8 heteroatoms. The van der Waals surface area contributed by atoms with E-state index in [-0.39, 0.29) is 24.3 Å². The maximum Gasteiger partial charge on any atom is 0.306 e. The van der Waals surface area contributed by atoms with Gasteiger partial charge in [-0.1, -0.05) is 6.42 Å². The normalized spacial score (nSPS) is 12.9. The number of carbonyl (C=O) groups excluding carboxylic acids is 3. The predicted molar refractivity (Wildman–Crippen MR) is 110 cm³/mol. The molecular formula is C22H21FN2O4S. The first-order valence-electron chi connectivity index (χ1n) is 9.77. The minimum absolute atomic E-state index is 0.114. The lowest BCUT2D eigenvalue weighted by molar-refractivity contribution is -0.143. The molecule has 1 aliphatic rings. The molecule has 30 heavy (non-hydrogen) atoms. The fourth-order valence-electron chi connectivity index (χ4n) is 3.29. The number of ether oxygens (including phenoxy) is 1. The van der Waals surface area contributed by atoms with Crippen LogP contribution in [0, 0.1) is 17.1 Å². The second-order valence-electron chi connectivity index (χ2n) is 7.02. The lowest BCUT2D eigenvalue weighted by atomic mass is 10.1. The molecule has 0 spiro atoms. The smallest absolute Gasteiger partial charge is 0.306 e. The second kappa shape index (κ2) is 10.1. The van der Waals surface area contributed by atoms with E-state index in [2.05, 4.69) is 11.4 Å². The maximum absolute atomic E-state index is 12.9. The Hall–Kier alpha value is -3.05. The van der Waals surface area contributed by atoms with E-state index in [0.717, 1.165) is 54.7 Å². The summed E-state index contributed by atoms with van der Waals surface area (Å²) in [6.07, 6.45) is 4.72. The zero-order valence-electron chi connectivity index (χ0n) is 16.3. The van der Waals surface area contributed by atoms with Crippen LogP contribution in [0.25, 0.3) is 0 Å². The zero-order chi connectivity index (χ0) is 21.5. The number of benzene rings is 1. The molecule has 0 radical (unpaired) electrons. The number of amides is 1. The number of thiophene rings is 1. The summed E-state index contributed by atoms with van der Waals surface area (Å²) in [5, 5.41) is 12.8. The summed E-state index contributed by atoms with van der Waals surface area (Å²) in [5.74, 6) is -1.98. The molecule has 1 heterocycles. The number of carbonyl (C=O) groups is 3. The third kappa shape index (κ3) is 5.51. The summed E-state index contributed by atoms with van der Waals surface area (Å²) in [6, 6.07) is 7.13. The fraction of sp³-hybridized carbons (Fsp3) is 0.364. The number of rotatable bonds is 7. The molecule has 1 amide bonds. The van der Waals surface area contributed by atoms with Gasteiger partial charge in [0.05, 0.1) is 12.0 Å². The van der Waals surface area contributed by atoms with Crippen LogP contribution in [0.1, 0.15) is 58.5 Å². The first-order chi connectivity index (χ1) is 14.5. The van der Waals surface area contributed by atoms with Gasteiger partial charge in [-0.3, -0.25) is 14.4 Å². The van der Waals surface area contributed by atoms with Gasteiger partial charge in [0.25, 0.3) is 0 Å². The molecular weight excluding hydrogens is 407 g/mol. The Morgan fingerprint density at radius 3 is 2.57 bits per heavy atom. The molecule has 1 aromatic carbocycles. The van der Waals surface area contributed by atoms with Crippen molar-refractivity contribution in [3.63, 3.8) is 0 Å². The standard InChI is InChI=1S/C22H21FN2O4S/c23-15-8-6-14(7-9-15)18(26)13-29-21(28)11-10-20(27)25-22-17(12-24)16-4-2-1-3-5-19(16)30-22/h6-9H,1-5,10-11,13H2,(H,25,27). The van der Waals surface area contributed by atoms with E-state index in [4.69, 9.17) is 4.74 Å². The van der Waals surface area contributed by atoms with E-state index >= 15 is 0 Å². The Kier molecular flexibility index (Phi) is 7.31. The van der Waals surface area contributed by atoms with Crippen LogP contribution in [-0.4, -0.2) is 24.3 Å². The number of ketones is 1. The summed E-state index contributed by atoms with van der Waals surface area (Å²) >= 11 is 1.43. The van der Waals surface area contributed by atoms with E-state index in [0.29, 0.717) is 10.6 Å². The average Bonchev–Trinajstić information content (AvgIpc) is 2.89. The van der Waals surface area contributed by atoms with Crippen molar-refractivity contribution in [2.45, 2.75) is 44.9 Å². The minimum Gasteiger partial charge on any atom is -0.457 e. The van der Waals surface area contributed by atoms with Crippen LogP contribution in [0.15, 0.2) is 24.3 Å². The van der Waals surface area contributed by atoms with E-state index in [1.54, 1.807) is 0 Å². The first-order valence-corrected chi connectivity index (χ1v) is 10.6. The van der Waals surface area contributed by atoms with Gasteiger partial charge < -0.3 is 10.1 Å². The summed E-state index contributed by atoms with van der Waals surface area (Å²) in [6.45, 7) is -0.470. The van der Waals surface area contributed by atoms with Crippen LogP contribution in [0.5, 0.6) is 0 Å². The van der Waals surface area contributed by atoms with Crippen molar-refractivity contribution in [3.8, 4) is 6.07 Å². The third-order valence-electron chi connectivity index (χ3n) is 4.87. The van der Waals surface area contributed by atoms with E-state index in [1.807, 2.05) is 0 Å². The highest BCUT2D eigenvalue weighted by Gasteiger charge is 2.21. The van der Waals surface area contributed by atoms with Gasteiger partial charge in [-0.2, -0.15) is 5.26 Å². The molecule has 1 N–H and O–H groups in total. The zero-order valence-corrected chi connectivity index (χ0v) is 17.1. The van der Waals surface area contributed by atoms with Crippen molar-refractivity contribution in [2.75, 3.05) is 11.9 Å². The number of nitrogens with one attached hydrogen (secondary N) is 1. The number of esters is 1. The Balaban J connectivity index is 1.48. The summed E-state index contributed by atoms with van der Waals surface area (Å²) in [7, 11) is 0. The molecule has 1 aromatic heterocycles. The van der Waals surface area contributed by atoms with Crippen LogP contribution in [0.3, 0.4) is 0 Å². The molecule has 1 aliphatic carbocycles. The number of nitriles is 1. The van der Waals surface area contributed by atoms with Gasteiger partial charge in [-0.15, -0.1) is 11.3 Å². The number of fused-ring (bicyclic) bond motifs is 1. The second-order valence-corrected chi connectivity index (χ2v) is 8.12. The Morgan fingerprint density at radius 1 is 1.10 bits per heavy atom. The molecule has 0 saturated carbocycles. The van der Waals surface area contributed by atoms with Crippen molar-refractivity contribution < 1.29 is 23.5 Å². The van der Waals surface area contributed by atoms with Gasteiger partial charge in [0, 0.05) is 16.9 Å². The summed E-state index contributed by atoms with van der Waals surface area (Å²) in [4.78, 5) is 37.2. The molecule has 0 fully saturated rings.